The number of hydrogen-bond donors (Lipinski definition) is 1. The molecule has 27 heavy (non-hydrogen) atoms. The van der Waals surface area contributed by atoms with Gasteiger partial charge in [-0.15, -0.1) is 0 Å². The fourth-order valence-electron chi connectivity index (χ4n) is 3.49. The van der Waals surface area contributed by atoms with Crippen molar-refractivity contribution in [3.8, 4) is 0 Å². The van der Waals surface area contributed by atoms with Gasteiger partial charge in [0.1, 0.15) is 17.6 Å². The molecule has 0 radical (unpaired) electrons. The Hall–Kier alpha value is -3.48. The zero-order valence-corrected chi connectivity index (χ0v) is 15.0. The summed E-state index contributed by atoms with van der Waals surface area (Å²) >= 11 is 0. The average molecular weight is 365 g/mol. The number of carbonyl (C=O) groups is 2. The van der Waals surface area contributed by atoms with Gasteiger partial charge in [-0.25, -0.2) is 4.79 Å². The summed E-state index contributed by atoms with van der Waals surface area (Å²) in [5.41, 5.74) is 2.59. The number of fused-ring (bicyclic) bond motifs is 1. The van der Waals surface area contributed by atoms with Crippen LogP contribution in [0.4, 0.5) is 5.69 Å². The molecule has 1 aliphatic heterocycles. The van der Waals surface area contributed by atoms with E-state index in [2.05, 4.69) is 4.98 Å². The van der Waals surface area contributed by atoms with Crippen molar-refractivity contribution in [2.45, 2.75) is 12.7 Å². The Balaban J connectivity index is 1.79. The quantitative estimate of drug-likeness (QED) is 0.719. The fourth-order valence-corrected chi connectivity index (χ4v) is 3.49. The van der Waals surface area contributed by atoms with Gasteiger partial charge >= 0.3 is 5.97 Å². The van der Waals surface area contributed by atoms with Crippen LogP contribution >= 0.6 is 0 Å². The van der Waals surface area contributed by atoms with Crippen molar-refractivity contribution < 1.29 is 18.7 Å². The highest BCUT2D eigenvalue weighted by molar-refractivity contribution is 6.02. The maximum atomic E-state index is 13.2. The lowest BCUT2D eigenvalue weighted by molar-refractivity contribution is 0.0594. The Morgan fingerprint density at radius 3 is 2.81 bits per heavy atom. The van der Waals surface area contributed by atoms with Gasteiger partial charge in [0, 0.05) is 18.8 Å². The number of H-pyrrole nitrogens is 1. The predicted octanol–water partition coefficient (Wildman–Crippen LogP) is 3.19. The van der Waals surface area contributed by atoms with E-state index in [1.54, 1.807) is 29.5 Å². The van der Waals surface area contributed by atoms with Crippen molar-refractivity contribution >= 4 is 17.6 Å². The summed E-state index contributed by atoms with van der Waals surface area (Å²) in [7, 11) is 3.26. The molecule has 1 amide bonds. The van der Waals surface area contributed by atoms with Crippen LogP contribution in [0.2, 0.25) is 0 Å². The predicted molar refractivity (Wildman–Crippen MR) is 98.3 cm³/mol. The molecule has 0 saturated carbocycles. The monoisotopic (exact) mass is 365 g/mol. The molecule has 3 heterocycles. The van der Waals surface area contributed by atoms with Crippen LogP contribution in [0, 0.1) is 0 Å². The number of anilines is 1. The number of ether oxygens (including phenoxy) is 1. The van der Waals surface area contributed by atoms with Gasteiger partial charge < -0.3 is 23.9 Å². The Bertz CT molecular complexity index is 977. The first-order valence-corrected chi connectivity index (χ1v) is 8.52. The Morgan fingerprint density at radius 1 is 1.26 bits per heavy atom. The van der Waals surface area contributed by atoms with Crippen LogP contribution < -0.4 is 4.90 Å². The van der Waals surface area contributed by atoms with Gasteiger partial charge in [-0.1, -0.05) is 12.1 Å². The smallest absolute Gasteiger partial charge is 0.354 e. The van der Waals surface area contributed by atoms with Crippen molar-refractivity contribution in [1.82, 2.24) is 9.88 Å². The minimum Gasteiger partial charge on any atom is -0.467 e. The van der Waals surface area contributed by atoms with Gasteiger partial charge in [0.2, 0.25) is 0 Å². The summed E-state index contributed by atoms with van der Waals surface area (Å²) in [6.07, 6.45) is 2.92. The number of carbonyl (C=O) groups excluding carboxylic acids is 2. The second-order valence-electron chi connectivity index (χ2n) is 6.35. The maximum Gasteiger partial charge on any atom is 0.354 e. The minimum absolute atomic E-state index is 0.0917. The summed E-state index contributed by atoms with van der Waals surface area (Å²) in [5.74, 6) is 0.139. The topological polar surface area (TPSA) is 78.8 Å². The van der Waals surface area contributed by atoms with Gasteiger partial charge in [0.15, 0.2) is 0 Å². The largest absolute Gasteiger partial charge is 0.467 e. The lowest BCUT2D eigenvalue weighted by atomic mass is 10.0. The van der Waals surface area contributed by atoms with Crippen LogP contribution in [0.25, 0.3) is 0 Å². The second kappa shape index (κ2) is 6.68. The summed E-state index contributed by atoms with van der Waals surface area (Å²) in [6, 6.07) is 12.8. The number of para-hydroxylation sites is 1. The van der Waals surface area contributed by atoms with Gasteiger partial charge in [-0.2, -0.15) is 0 Å². The number of amides is 1. The van der Waals surface area contributed by atoms with E-state index in [1.807, 2.05) is 42.3 Å². The fraction of sp³-hybridized carbons (Fsp3) is 0.200. The lowest BCUT2D eigenvalue weighted by Gasteiger charge is -2.43. The number of aromatic nitrogens is 1. The van der Waals surface area contributed by atoms with Crippen molar-refractivity contribution in [2.24, 2.45) is 0 Å². The normalized spacial score (nSPS) is 16.4. The molecule has 2 aromatic heterocycles. The molecule has 0 unspecified atom stereocenters. The van der Waals surface area contributed by atoms with Gasteiger partial charge in [0.05, 0.1) is 31.2 Å². The number of furan rings is 1. The number of rotatable bonds is 4. The molecule has 1 aliphatic rings. The minimum atomic E-state index is -0.455. The molecule has 0 aliphatic carbocycles. The maximum absolute atomic E-state index is 13.2. The number of hydrogen-bond acceptors (Lipinski definition) is 5. The number of nitrogens with zero attached hydrogens (tertiary/aromatic N) is 2. The zero-order valence-electron chi connectivity index (χ0n) is 15.0. The third-order valence-electron chi connectivity index (χ3n) is 4.75. The van der Waals surface area contributed by atoms with E-state index in [4.69, 9.17) is 9.15 Å². The highest BCUT2D eigenvalue weighted by atomic mass is 16.5. The summed E-state index contributed by atoms with van der Waals surface area (Å²) in [4.78, 5) is 31.7. The molecule has 0 fully saturated rings. The van der Waals surface area contributed by atoms with Crippen molar-refractivity contribution in [1.29, 1.82) is 0 Å². The SMILES string of the molecule is COC(=O)c1cc([C@H]2N(Cc3ccco3)C(=O)c3ccccc3N2C)c[nH]1. The molecular weight excluding hydrogens is 346 g/mol. The third-order valence-corrected chi connectivity index (χ3v) is 4.75. The summed E-state index contributed by atoms with van der Waals surface area (Å²) in [6.45, 7) is 0.313. The van der Waals surface area contributed by atoms with E-state index in [-0.39, 0.29) is 5.91 Å². The second-order valence-corrected chi connectivity index (χ2v) is 6.35. The molecular formula is C20H19N3O4. The highest BCUT2D eigenvalue weighted by Crippen LogP contribution is 2.38. The number of nitrogens with one attached hydrogen (secondary N) is 1. The first kappa shape index (κ1) is 17.0. The number of aromatic amines is 1. The first-order valence-electron chi connectivity index (χ1n) is 8.52. The molecule has 1 atom stereocenters. The van der Waals surface area contributed by atoms with E-state index >= 15 is 0 Å². The first-order chi connectivity index (χ1) is 13.1. The molecule has 138 valence electrons. The molecule has 7 heteroatoms. The highest BCUT2D eigenvalue weighted by Gasteiger charge is 2.37. The van der Waals surface area contributed by atoms with E-state index in [9.17, 15) is 9.59 Å². The van der Waals surface area contributed by atoms with Crippen molar-refractivity contribution in [3.63, 3.8) is 0 Å². The van der Waals surface area contributed by atoms with Crippen LogP contribution in [-0.2, 0) is 11.3 Å². The Labute approximate surface area is 156 Å². The summed E-state index contributed by atoms with van der Waals surface area (Å²) < 4.78 is 10.2. The van der Waals surface area contributed by atoms with E-state index in [1.165, 1.54) is 7.11 Å². The van der Waals surface area contributed by atoms with Gasteiger partial charge in [0.25, 0.3) is 5.91 Å². The van der Waals surface area contributed by atoms with Crippen LogP contribution in [-0.4, -0.2) is 35.9 Å². The van der Waals surface area contributed by atoms with E-state index in [0.717, 1.165) is 11.3 Å². The molecule has 0 bridgehead atoms. The average Bonchev–Trinajstić information content (AvgIpc) is 3.37. The van der Waals surface area contributed by atoms with Gasteiger partial charge in [-0.3, -0.25) is 4.79 Å². The number of esters is 1. The number of benzene rings is 1. The van der Waals surface area contributed by atoms with E-state index < -0.39 is 12.1 Å². The standard InChI is InChI=1S/C20H19N3O4/c1-22-17-8-4-3-7-15(17)19(24)23(12-14-6-5-9-27-14)18(22)13-10-16(21-11-13)20(25)26-2/h3-11,18,21H,12H2,1-2H3/t18-/m1/s1. The van der Waals surface area contributed by atoms with Crippen LogP contribution in [0.3, 0.4) is 0 Å². The molecule has 0 saturated heterocycles. The molecule has 1 aromatic carbocycles. The third kappa shape index (κ3) is 2.87. The molecule has 1 N–H and O–H groups in total. The molecule has 3 aromatic rings. The van der Waals surface area contributed by atoms with Crippen molar-refractivity contribution in [3.05, 3.63) is 77.5 Å². The summed E-state index contributed by atoms with van der Waals surface area (Å²) in [5, 5.41) is 0. The lowest BCUT2D eigenvalue weighted by Crippen LogP contribution is -2.47. The van der Waals surface area contributed by atoms with E-state index in [0.29, 0.717) is 23.6 Å². The Kier molecular flexibility index (Phi) is 4.19. The molecule has 4 rings (SSSR count). The van der Waals surface area contributed by atoms with Crippen molar-refractivity contribution in [2.75, 3.05) is 19.1 Å². The zero-order chi connectivity index (χ0) is 19.0. The molecule has 0 spiro atoms. The molecule has 7 nitrogen and oxygen atoms in total. The van der Waals surface area contributed by atoms with Crippen LogP contribution in [0.5, 0.6) is 0 Å². The van der Waals surface area contributed by atoms with Crippen LogP contribution in [0.15, 0.2) is 59.3 Å². The van der Waals surface area contributed by atoms with Crippen LogP contribution in [0.1, 0.15) is 38.3 Å². The Morgan fingerprint density at radius 2 is 2.07 bits per heavy atom. The number of methoxy groups -OCH3 is 1. The van der Waals surface area contributed by atoms with Gasteiger partial charge in [-0.05, 0) is 30.3 Å².